The number of carbonyl (C=O) groups excluding carboxylic acids is 2. The summed E-state index contributed by atoms with van der Waals surface area (Å²) < 4.78 is 5.25. The zero-order valence-corrected chi connectivity index (χ0v) is 15.8. The second-order valence-electron chi connectivity index (χ2n) is 7.69. The van der Waals surface area contributed by atoms with Crippen molar-refractivity contribution in [1.82, 2.24) is 15.2 Å². The van der Waals surface area contributed by atoms with Gasteiger partial charge in [-0.05, 0) is 49.9 Å². The normalized spacial score (nSPS) is 18.3. The molecule has 144 valence electrons. The summed E-state index contributed by atoms with van der Waals surface area (Å²) in [6, 6.07) is 7.91. The molecule has 0 radical (unpaired) electrons. The first-order chi connectivity index (χ1) is 13.1. The first-order valence-electron chi connectivity index (χ1n) is 9.86. The van der Waals surface area contributed by atoms with Gasteiger partial charge < -0.3 is 19.9 Å². The lowest BCUT2D eigenvalue weighted by atomic mass is 9.83. The number of benzene rings is 1. The molecule has 2 heterocycles. The fraction of sp³-hybridized carbons (Fsp3) is 0.524. The van der Waals surface area contributed by atoms with Gasteiger partial charge in [-0.25, -0.2) is 0 Å². The number of nitrogens with zero attached hydrogens (tertiary/aromatic N) is 1. The highest BCUT2D eigenvalue weighted by atomic mass is 16.5. The van der Waals surface area contributed by atoms with Crippen molar-refractivity contribution in [1.29, 1.82) is 0 Å². The molecule has 0 unspecified atom stereocenters. The zero-order chi connectivity index (χ0) is 18.8. The number of nitrogens with one attached hydrogen (secondary N) is 2. The van der Waals surface area contributed by atoms with Gasteiger partial charge in [0.05, 0.1) is 13.7 Å². The van der Waals surface area contributed by atoms with Gasteiger partial charge in [0.25, 0.3) is 0 Å². The van der Waals surface area contributed by atoms with Crippen LogP contribution in [-0.2, 0) is 16.1 Å². The third-order valence-electron chi connectivity index (χ3n) is 5.97. The predicted octanol–water partition coefficient (Wildman–Crippen LogP) is 2.83. The molecule has 4 rings (SSSR count). The molecule has 2 amide bonds. The van der Waals surface area contributed by atoms with Gasteiger partial charge in [-0.3, -0.25) is 9.59 Å². The minimum absolute atomic E-state index is 0.0000806. The number of ether oxygens (including phenoxy) is 1. The van der Waals surface area contributed by atoms with Crippen LogP contribution >= 0.6 is 0 Å². The molecule has 2 aromatic rings. The van der Waals surface area contributed by atoms with Crippen molar-refractivity contribution in [2.75, 3.05) is 20.2 Å². The van der Waals surface area contributed by atoms with Crippen LogP contribution in [0.15, 0.2) is 24.3 Å². The van der Waals surface area contributed by atoms with Crippen molar-refractivity contribution in [2.24, 2.45) is 11.8 Å². The van der Waals surface area contributed by atoms with E-state index in [-0.39, 0.29) is 17.7 Å². The average Bonchev–Trinajstić information content (AvgIpc) is 3.06. The highest BCUT2D eigenvalue weighted by Gasteiger charge is 2.33. The summed E-state index contributed by atoms with van der Waals surface area (Å²) in [5.41, 5.74) is 2.01. The number of rotatable bonds is 5. The Balaban J connectivity index is 1.28. The Hall–Kier alpha value is -2.50. The van der Waals surface area contributed by atoms with Crippen LogP contribution in [-0.4, -0.2) is 41.9 Å². The summed E-state index contributed by atoms with van der Waals surface area (Å²) in [5.74, 6) is 1.45. The van der Waals surface area contributed by atoms with E-state index in [9.17, 15) is 9.59 Å². The molecule has 1 aliphatic heterocycles. The Kier molecular flexibility index (Phi) is 5.05. The third kappa shape index (κ3) is 3.80. The molecule has 1 saturated heterocycles. The van der Waals surface area contributed by atoms with Crippen LogP contribution in [0.5, 0.6) is 5.75 Å². The van der Waals surface area contributed by atoms with Gasteiger partial charge in [-0.15, -0.1) is 0 Å². The number of piperidine rings is 1. The van der Waals surface area contributed by atoms with E-state index in [1.165, 1.54) is 6.42 Å². The molecular weight excluding hydrogens is 342 g/mol. The molecule has 1 aromatic carbocycles. The van der Waals surface area contributed by atoms with E-state index in [0.717, 1.165) is 48.0 Å². The molecule has 0 spiro atoms. The maximum absolute atomic E-state index is 12.5. The van der Waals surface area contributed by atoms with Crippen molar-refractivity contribution in [3.8, 4) is 5.75 Å². The van der Waals surface area contributed by atoms with Crippen LogP contribution in [0, 0.1) is 11.8 Å². The molecule has 0 bridgehead atoms. The van der Waals surface area contributed by atoms with Gasteiger partial charge in [-0.1, -0.05) is 6.42 Å². The van der Waals surface area contributed by atoms with Crippen molar-refractivity contribution in [2.45, 2.75) is 38.6 Å². The van der Waals surface area contributed by atoms with E-state index in [0.29, 0.717) is 25.5 Å². The summed E-state index contributed by atoms with van der Waals surface area (Å²) in [6.07, 6.45) is 4.77. The number of methoxy groups -OCH3 is 1. The molecule has 1 saturated carbocycles. The van der Waals surface area contributed by atoms with Gasteiger partial charge in [0.15, 0.2) is 0 Å². The lowest BCUT2D eigenvalue weighted by Crippen LogP contribution is -2.46. The first-order valence-corrected chi connectivity index (χ1v) is 9.86. The second-order valence-corrected chi connectivity index (χ2v) is 7.69. The maximum atomic E-state index is 12.5. The van der Waals surface area contributed by atoms with E-state index in [1.54, 1.807) is 7.11 Å². The smallest absolute Gasteiger partial charge is 0.225 e. The van der Waals surface area contributed by atoms with E-state index in [4.69, 9.17) is 4.74 Å². The minimum atomic E-state index is -0.0000806. The van der Waals surface area contributed by atoms with Crippen molar-refractivity contribution in [3.05, 3.63) is 30.0 Å². The highest BCUT2D eigenvalue weighted by molar-refractivity contribution is 5.83. The standard InChI is InChI=1S/C21H27N3O3/c1-27-18-5-6-19-16(12-18)11-17(23-19)13-22-20(25)14-7-9-24(10-8-14)21(26)15-3-2-4-15/h5-6,11-12,14-15,23H,2-4,7-10,13H2,1H3,(H,22,25). The molecule has 1 aliphatic carbocycles. The molecule has 0 atom stereocenters. The number of aromatic amines is 1. The zero-order valence-electron chi connectivity index (χ0n) is 15.8. The molecule has 2 aliphatic rings. The molecule has 6 heteroatoms. The van der Waals surface area contributed by atoms with E-state index in [1.807, 2.05) is 29.2 Å². The van der Waals surface area contributed by atoms with Crippen LogP contribution in [0.4, 0.5) is 0 Å². The fourth-order valence-corrected chi connectivity index (χ4v) is 4.00. The molecule has 6 nitrogen and oxygen atoms in total. The fourth-order valence-electron chi connectivity index (χ4n) is 4.00. The van der Waals surface area contributed by atoms with Crippen molar-refractivity contribution < 1.29 is 14.3 Å². The Morgan fingerprint density at radius 1 is 1.15 bits per heavy atom. The monoisotopic (exact) mass is 369 g/mol. The van der Waals surface area contributed by atoms with Crippen LogP contribution in [0.25, 0.3) is 10.9 Å². The van der Waals surface area contributed by atoms with Crippen molar-refractivity contribution >= 4 is 22.7 Å². The van der Waals surface area contributed by atoms with Gasteiger partial charge >= 0.3 is 0 Å². The van der Waals surface area contributed by atoms with Gasteiger partial charge in [-0.2, -0.15) is 0 Å². The number of likely N-dealkylation sites (tertiary alicyclic amines) is 1. The summed E-state index contributed by atoms with van der Waals surface area (Å²) in [6.45, 7) is 1.90. The van der Waals surface area contributed by atoms with Gasteiger partial charge in [0, 0.05) is 41.5 Å². The molecular formula is C21H27N3O3. The molecule has 1 aromatic heterocycles. The van der Waals surface area contributed by atoms with Crippen LogP contribution in [0.1, 0.15) is 37.8 Å². The summed E-state index contributed by atoms with van der Waals surface area (Å²) in [5, 5.41) is 4.11. The summed E-state index contributed by atoms with van der Waals surface area (Å²) >= 11 is 0. The van der Waals surface area contributed by atoms with Crippen LogP contribution in [0.2, 0.25) is 0 Å². The van der Waals surface area contributed by atoms with Crippen LogP contribution < -0.4 is 10.1 Å². The highest BCUT2D eigenvalue weighted by Crippen LogP contribution is 2.30. The van der Waals surface area contributed by atoms with E-state index >= 15 is 0 Å². The number of H-pyrrole nitrogens is 1. The second kappa shape index (κ2) is 7.62. The molecule has 2 N–H and O–H groups in total. The number of aromatic nitrogens is 1. The summed E-state index contributed by atoms with van der Waals surface area (Å²) in [7, 11) is 1.65. The number of carbonyl (C=O) groups is 2. The Morgan fingerprint density at radius 3 is 2.59 bits per heavy atom. The van der Waals surface area contributed by atoms with Crippen molar-refractivity contribution in [3.63, 3.8) is 0 Å². The van der Waals surface area contributed by atoms with E-state index in [2.05, 4.69) is 10.3 Å². The molecule has 27 heavy (non-hydrogen) atoms. The average molecular weight is 369 g/mol. The van der Waals surface area contributed by atoms with E-state index < -0.39 is 0 Å². The Labute approximate surface area is 159 Å². The van der Waals surface area contributed by atoms with Crippen LogP contribution in [0.3, 0.4) is 0 Å². The topological polar surface area (TPSA) is 74.4 Å². The van der Waals surface area contributed by atoms with Gasteiger partial charge in [0.1, 0.15) is 5.75 Å². The predicted molar refractivity (Wildman–Crippen MR) is 103 cm³/mol. The quantitative estimate of drug-likeness (QED) is 0.851. The molecule has 2 fully saturated rings. The minimum Gasteiger partial charge on any atom is -0.497 e. The number of hydrogen-bond donors (Lipinski definition) is 2. The number of amides is 2. The van der Waals surface area contributed by atoms with Gasteiger partial charge in [0.2, 0.25) is 11.8 Å². The lowest BCUT2D eigenvalue weighted by molar-refractivity contribution is -0.141. The third-order valence-corrected chi connectivity index (χ3v) is 5.97. The number of hydrogen-bond acceptors (Lipinski definition) is 3. The Morgan fingerprint density at radius 2 is 1.93 bits per heavy atom. The number of fused-ring (bicyclic) bond motifs is 1. The summed E-state index contributed by atoms with van der Waals surface area (Å²) in [4.78, 5) is 30.1. The maximum Gasteiger partial charge on any atom is 0.225 e. The lowest BCUT2D eigenvalue weighted by Gasteiger charge is -2.36. The first kappa shape index (κ1) is 17.9. The largest absolute Gasteiger partial charge is 0.497 e. The SMILES string of the molecule is COc1ccc2[nH]c(CNC(=O)C3CCN(C(=O)C4CCC4)CC3)cc2c1. The Bertz CT molecular complexity index is 832.